The number of nitrogens with two attached hydrogens (primary N) is 1. The summed E-state index contributed by atoms with van der Waals surface area (Å²) in [5, 5.41) is 0. The summed E-state index contributed by atoms with van der Waals surface area (Å²) in [5.41, 5.74) is 9.07. The zero-order chi connectivity index (χ0) is 9.84. The first-order valence-corrected chi connectivity index (χ1v) is 4.62. The summed E-state index contributed by atoms with van der Waals surface area (Å²) in [6.07, 6.45) is 2.23. The first-order valence-electron chi connectivity index (χ1n) is 4.62. The molecule has 0 atom stereocenters. The van der Waals surface area contributed by atoms with E-state index in [0.717, 1.165) is 24.3 Å². The minimum atomic E-state index is 0.722. The zero-order valence-electron chi connectivity index (χ0n) is 8.55. The Morgan fingerprint density at radius 1 is 1.38 bits per heavy atom. The van der Waals surface area contributed by atoms with Crippen LogP contribution in [0.4, 0.5) is 5.69 Å². The van der Waals surface area contributed by atoms with Crippen molar-refractivity contribution >= 4 is 5.69 Å². The van der Waals surface area contributed by atoms with Gasteiger partial charge in [0.15, 0.2) is 0 Å². The first kappa shape index (κ1) is 9.90. The molecule has 0 aliphatic heterocycles. The van der Waals surface area contributed by atoms with Crippen molar-refractivity contribution in [1.29, 1.82) is 0 Å². The van der Waals surface area contributed by atoms with Crippen LogP contribution < -0.4 is 10.5 Å². The van der Waals surface area contributed by atoms with Crippen molar-refractivity contribution in [3.8, 4) is 5.75 Å². The molecule has 0 bridgehead atoms. The number of anilines is 1. The van der Waals surface area contributed by atoms with Gasteiger partial charge in [0.05, 0.1) is 12.8 Å². The van der Waals surface area contributed by atoms with E-state index in [-0.39, 0.29) is 0 Å². The van der Waals surface area contributed by atoms with Crippen molar-refractivity contribution in [3.05, 3.63) is 23.3 Å². The lowest BCUT2D eigenvalue weighted by molar-refractivity contribution is 0.416. The maximum absolute atomic E-state index is 5.77. The fourth-order valence-electron chi connectivity index (χ4n) is 1.47. The molecule has 0 aromatic heterocycles. The summed E-state index contributed by atoms with van der Waals surface area (Å²) in [6, 6.07) is 4.01. The van der Waals surface area contributed by atoms with Crippen LogP contribution in [0, 0.1) is 6.92 Å². The Morgan fingerprint density at radius 3 is 2.62 bits per heavy atom. The van der Waals surface area contributed by atoms with Crippen molar-refractivity contribution in [2.45, 2.75) is 26.7 Å². The highest BCUT2D eigenvalue weighted by Gasteiger charge is 2.04. The molecule has 1 rings (SSSR count). The maximum atomic E-state index is 5.77. The number of hydrogen-bond donors (Lipinski definition) is 1. The second-order valence-corrected chi connectivity index (χ2v) is 3.27. The molecular formula is C11H17NO. The van der Waals surface area contributed by atoms with Crippen LogP contribution >= 0.6 is 0 Å². The van der Waals surface area contributed by atoms with Crippen LogP contribution in [0.3, 0.4) is 0 Å². The number of hydrogen-bond acceptors (Lipinski definition) is 2. The highest BCUT2D eigenvalue weighted by molar-refractivity contribution is 5.56. The van der Waals surface area contributed by atoms with Crippen molar-refractivity contribution in [1.82, 2.24) is 0 Å². The predicted molar refractivity (Wildman–Crippen MR) is 56.1 cm³/mol. The summed E-state index contributed by atoms with van der Waals surface area (Å²) in [7, 11) is 1.65. The van der Waals surface area contributed by atoms with Gasteiger partial charge in [0, 0.05) is 0 Å². The average Bonchev–Trinajstić information content (AvgIpc) is 2.10. The SMILES string of the molecule is CCCc1cc(OC)c(N)cc1C. The van der Waals surface area contributed by atoms with Gasteiger partial charge in [0.1, 0.15) is 5.75 Å². The monoisotopic (exact) mass is 179 g/mol. The number of benzene rings is 1. The van der Waals surface area contributed by atoms with Crippen molar-refractivity contribution in [3.63, 3.8) is 0 Å². The molecule has 72 valence electrons. The molecular weight excluding hydrogens is 162 g/mol. The number of rotatable bonds is 3. The molecule has 0 spiro atoms. The second-order valence-electron chi connectivity index (χ2n) is 3.27. The molecule has 2 nitrogen and oxygen atoms in total. The van der Waals surface area contributed by atoms with Crippen LogP contribution in [0.2, 0.25) is 0 Å². The number of nitrogen functional groups attached to an aromatic ring is 1. The van der Waals surface area contributed by atoms with Gasteiger partial charge in [0.2, 0.25) is 0 Å². The molecule has 0 saturated carbocycles. The van der Waals surface area contributed by atoms with E-state index in [1.165, 1.54) is 11.1 Å². The lowest BCUT2D eigenvalue weighted by Crippen LogP contribution is -1.96. The Balaban J connectivity index is 3.06. The Morgan fingerprint density at radius 2 is 2.08 bits per heavy atom. The number of ether oxygens (including phenoxy) is 1. The van der Waals surface area contributed by atoms with Gasteiger partial charge in [-0.3, -0.25) is 0 Å². The molecule has 0 radical (unpaired) electrons. The smallest absolute Gasteiger partial charge is 0.142 e. The van der Waals surface area contributed by atoms with Crippen molar-refractivity contribution < 1.29 is 4.74 Å². The van der Waals surface area contributed by atoms with Gasteiger partial charge in [0.25, 0.3) is 0 Å². The summed E-state index contributed by atoms with van der Waals surface area (Å²) < 4.78 is 5.16. The quantitative estimate of drug-likeness (QED) is 0.724. The lowest BCUT2D eigenvalue weighted by Gasteiger charge is -2.10. The van der Waals surface area contributed by atoms with Crippen LogP contribution in [-0.4, -0.2) is 7.11 Å². The van der Waals surface area contributed by atoms with E-state index in [1.54, 1.807) is 7.11 Å². The van der Waals surface area contributed by atoms with Gasteiger partial charge in [-0.25, -0.2) is 0 Å². The molecule has 0 fully saturated rings. The molecule has 1 aromatic carbocycles. The zero-order valence-corrected chi connectivity index (χ0v) is 8.55. The second kappa shape index (κ2) is 4.17. The van der Waals surface area contributed by atoms with Gasteiger partial charge >= 0.3 is 0 Å². The highest BCUT2D eigenvalue weighted by atomic mass is 16.5. The minimum absolute atomic E-state index is 0.722. The van der Waals surface area contributed by atoms with Gasteiger partial charge in [-0.1, -0.05) is 13.3 Å². The van der Waals surface area contributed by atoms with E-state index in [9.17, 15) is 0 Å². The van der Waals surface area contributed by atoms with Gasteiger partial charge in [-0.15, -0.1) is 0 Å². The predicted octanol–water partition coefficient (Wildman–Crippen LogP) is 2.54. The molecule has 0 heterocycles. The fraction of sp³-hybridized carbons (Fsp3) is 0.455. The van der Waals surface area contributed by atoms with Crippen LogP contribution in [0.15, 0.2) is 12.1 Å². The summed E-state index contributed by atoms with van der Waals surface area (Å²) in [6.45, 7) is 4.25. The maximum Gasteiger partial charge on any atom is 0.142 e. The topological polar surface area (TPSA) is 35.2 Å². The summed E-state index contributed by atoms with van der Waals surface area (Å²) >= 11 is 0. The summed E-state index contributed by atoms with van der Waals surface area (Å²) in [4.78, 5) is 0. The Bertz CT molecular complexity index is 294. The first-order chi connectivity index (χ1) is 6.19. The highest BCUT2D eigenvalue weighted by Crippen LogP contribution is 2.25. The van der Waals surface area contributed by atoms with E-state index in [0.29, 0.717) is 0 Å². The minimum Gasteiger partial charge on any atom is -0.495 e. The molecule has 13 heavy (non-hydrogen) atoms. The Kier molecular flexibility index (Phi) is 3.18. The Hall–Kier alpha value is -1.18. The third-order valence-corrected chi connectivity index (χ3v) is 2.21. The Labute approximate surface area is 79.7 Å². The number of aryl methyl sites for hydroxylation is 2. The van der Waals surface area contributed by atoms with E-state index in [1.807, 2.05) is 12.1 Å². The normalized spacial score (nSPS) is 10.1. The largest absolute Gasteiger partial charge is 0.495 e. The van der Waals surface area contributed by atoms with E-state index < -0.39 is 0 Å². The standard InChI is InChI=1S/C11H17NO/c1-4-5-9-7-11(13-3)10(12)6-8(9)2/h6-7H,4-5,12H2,1-3H3. The average molecular weight is 179 g/mol. The van der Waals surface area contributed by atoms with Gasteiger partial charge < -0.3 is 10.5 Å². The molecule has 0 amide bonds. The molecule has 0 unspecified atom stereocenters. The van der Waals surface area contributed by atoms with Crippen molar-refractivity contribution in [2.75, 3.05) is 12.8 Å². The van der Waals surface area contributed by atoms with E-state index in [4.69, 9.17) is 10.5 Å². The molecule has 1 aromatic rings. The fourth-order valence-corrected chi connectivity index (χ4v) is 1.47. The molecule has 2 N–H and O–H groups in total. The third-order valence-electron chi connectivity index (χ3n) is 2.21. The van der Waals surface area contributed by atoms with Gasteiger partial charge in [-0.2, -0.15) is 0 Å². The van der Waals surface area contributed by atoms with Crippen LogP contribution in [0.1, 0.15) is 24.5 Å². The van der Waals surface area contributed by atoms with Crippen LogP contribution in [0.5, 0.6) is 5.75 Å². The summed E-state index contributed by atoms with van der Waals surface area (Å²) in [5.74, 6) is 0.786. The lowest BCUT2D eigenvalue weighted by atomic mass is 10.0. The van der Waals surface area contributed by atoms with Crippen LogP contribution in [-0.2, 0) is 6.42 Å². The molecule has 0 aliphatic carbocycles. The molecule has 2 heteroatoms. The van der Waals surface area contributed by atoms with Crippen LogP contribution in [0.25, 0.3) is 0 Å². The van der Waals surface area contributed by atoms with Crippen molar-refractivity contribution in [2.24, 2.45) is 0 Å². The van der Waals surface area contributed by atoms with E-state index in [2.05, 4.69) is 13.8 Å². The van der Waals surface area contributed by atoms with E-state index >= 15 is 0 Å². The number of methoxy groups -OCH3 is 1. The molecule has 0 aliphatic rings. The van der Waals surface area contributed by atoms with Gasteiger partial charge in [-0.05, 0) is 36.6 Å². The third kappa shape index (κ3) is 2.14. The molecule has 0 saturated heterocycles.